The maximum Gasteiger partial charge on any atom is 0.191 e. The summed E-state index contributed by atoms with van der Waals surface area (Å²) in [6.45, 7) is 5.63. The first-order valence-electron chi connectivity index (χ1n) is 7.68. The van der Waals surface area contributed by atoms with E-state index in [9.17, 15) is 0 Å². The van der Waals surface area contributed by atoms with E-state index < -0.39 is 0 Å². The molecule has 20 heavy (non-hydrogen) atoms. The minimum atomic E-state index is -0.189. The summed E-state index contributed by atoms with van der Waals surface area (Å²) in [5, 5.41) is 0. The lowest BCUT2D eigenvalue weighted by Crippen LogP contribution is -2.64. The third-order valence-corrected chi connectivity index (χ3v) is 5.56. The van der Waals surface area contributed by atoms with Crippen LogP contribution in [0, 0.1) is 0 Å². The molecule has 0 amide bonds. The van der Waals surface area contributed by atoms with E-state index in [1.807, 2.05) is 18.7 Å². The van der Waals surface area contributed by atoms with E-state index in [-0.39, 0.29) is 17.7 Å². The molecule has 1 saturated carbocycles. The molecule has 2 saturated heterocycles. The van der Waals surface area contributed by atoms with Crippen molar-refractivity contribution in [1.82, 2.24) is 4.90 Å². The molecule has 1 aliphatic carbocycles. The molecule has 0 bridgehead atoms. The van der Waals surface area contributed by atoms with Gasteiger partial charge in [-0.2, -0.15) is 11.8 Å². The molecule has 2 N–H and O–H groups in total. The van der Waals surface area contributed by atoms with Gasteiger partial charge in [-0.3, -0.25) is 0 Å². The first kappa shape index (κ1) is 14.5. The fourth-order valence-corrected chi connectivity index (χ4v) is 4.36. The molecule has 3 rings (SSSR count). The van der Waals surface area contributed by atoms with Gasteiger partial charge in [-0.05, 0) is 19.8 Å². The van der Waals surface area contributed by atoms with Gasteiger partial charge in [-0.15, -0.1) is 0 Å². The van der Waals surface area contributed by atoms with Gasteiger partial charge < -0.3 is 20.1 Å². The first-order valence-corrected chi connectivity index (χ1v) is 8.83. The first-order chi connectivity index (χ1) is 9.76. The van der Waals surface area contributed by atoms with E-state index in [4.69, 9.17) is 20.2 Å². The van der Waals surface area contributed by atoms with Crippen LogP contribution < -0.4 is 5.73 Å². The van der Waals surface area contributed by atoms with Crippen LogP contribution in [0.2, 0.25) is 0 Å². The molecule has 5 nitrogen and oxygen atoms in total. The zero-order valence-corrected chi connectivity index (χ0v) is 13.0. The summed E-state index contributed by atoms with van der Waals surface area (Å²) in [6.07, 6.45) is 3.30. The van der Waals surface area contributed by atoms with Crippen molar-refractivity contribution in [3.05, 3.63) is 0 Å². The van der Waals surface area contributed by atoms with E-state index in [2.05, 4.69) is 4.90 Å². The van der Waals surface area contributed by atoms with Gasteiger partial charge in [0.05, 0.1) is 12.1 Å². The molecule has 3 fully saturated rings. The van der Waals surface area contributed by atoms with Crippen LogP contribution in [0.3, 0.4) is 0 Å². The second kappa shape index (κ2) is 6.12. The van der Waals surface area contributed by atoms with Gasteiger partial charge in [0.25, 0.3) is 0 Å². The number of aliphatic imine (C=N–C) groups is 1. The molecule has 0 aromatic carbocycles. The molecule has 2 heterocycles. The van der Waals surface area contributed by atoms with E-state index in [1.165, 1.54) is 0 Å². The van der Waals surface area contributed by atoms with Crippen molar-refractivity contribution in [2.75, 3.05) is 37.8 Å². The zero-order chi connectivity index (χ0) is 14.0. The van der Waals surface area contributed by atoms with Crippen LogP contribution >= 0.6 is 11.8 Å². The van der Waals surface area contributed by atoms with Gasteiger partial charge in [0.1, 0.15) is 5.60 Å². The van der Waals surface area contributed by atoms with Crippen molar-refractivity contribution < 1.29 is 9.47 Å². The van der Waals surface area contributed by atoms with Crippen molar-refractivity contribution in [2.45, 2.75) is 43.9 Å². The maximum atomic E-state index is 6.20. The van der Waals surface area contributed by atoms with E-state index >= 15 is 0 Å². The van der Waals surface area contributed by atoms with Crippen LogP contribution in [0.15, 0.2) is 4.99 Å². The minimum absolute atomic E-state index is 0.177. The SMILES string of the molecule is CCOC1CC(N=C(N)N2CCSCC2)C12CCCO2. The molecular formula is C14H25N3O2S. The molecule has 0 radical (unpaired) electrons. The number of rotatable bonds is 3. The number of thioether (sulfide) groups is 1. The quantitative estimate of drug-likeness (QED) is 0.624. The lowest BCUT2D eigenvalue weighted by atomic mass is 9.70. The molecule has 3 aliphatic rings. The van der Waals surface area contributed by atoms with Gasteiger partial charge in [-0.25, -0.2) is 4.99 Å². The Morgan fingerprint density at radius 2 is 2.30 bits per heavy atom. The summed E-state index contributed by atoms with van der Waals surface area (Å²) in [4.78, 5) is 6.98. The Bertz CT molecular complexity index is 365. The summed E-state index contributed by atoms with van der Waals surface area (Å²) < 4.78 is 11.9. The largest absolute Gasteiger partial charge is 0.375 e. The Balaban J connectivity index is 1.67. The Kier molecular flexibility index (Phi) is 4.43. The minimum Gasteiger partial charge on any atom is -0.375 e. The summed E-state index contributed by atoms with van der Waals surface area (Å²) in [5.74, 6) is 2.98. The van der Waals surface area contributed by atoms with Crippen molar-refractivity contribution in [2.24, 2.45) is 10.7 Å². The Morgan fingerprint density at radius 3 is 2.95 bits per heavy atom. The van der Waals surface area contributed by atoms with Crippen molar-refractivity contribution >= 4 is 17.7 Å². The fourth-order valence-electron chi connectivity index (χ4n) is 3.46. The summed E-state index contributed by atoms with van der Waals surface area (Å²) in [6, 6.07) is 0.177. The average Bonchev–Trinajstić information content (AvgIpc) is 2.99. The number of guanidine groups is 1. The lowest BCUT2D eigenvalue weighted by Gasteiger charge is -2.50. The molecule has 1 spiro atoms. The maximum absolute atomic E-state index is 6.20. The van der Waals surface area contributed by atoms with Gasteiger partial charge in [0.15, 0.2) is 5.96 Å². The highest BCUT2D eigenvalue weighted by Crippen LogP contribution is 2.47. The second-order valence-corrected chi connectivity index (χ2v) is 6.91. The molecule has 114 valence electrons. The third-order valence-electron chi connectivity index (χ3n) is 4.62. The topological polar surface area (TPSA) is 60.1 Å². The van der Waals surface area contributed by atoms with Crippen LogP contribution in [0.5, 0.6) is 0 Å². The number of nitrogens with two attached hydrogens (primary N) is 1. The number of ether oxygens (including phenoxy) is 2. The molecular weight excluding hydrogens is 274 g/mol. The molecule has 2 aliphatic heterocycles. The monoisotopic (exact) mass is 299 g/mol. The Hall–Kier alpha value is -0.460. The van der Waals surface area contributed by atoms with Gasteiger partial charge in [0.2, 0.25) is 0 Å². The summed E-state index contributed by atoms with van der Waals surface area (Å²) in [7, 11) is 0. The fraction of sp³-hybridized carbons (Fsp3) is 0.929. The van der Waals surface area contributed by atoms with Crippen LogP contribution in [-0.2, 0) is 9.47 Å². The summed E-state index contributed by atoms with van der Waals surface area (Å²) in [5.41, 5.74) is 6.01. The van der Waals surface area contributed by atoms with Gasteiger partial charge in [0, 0.05) is 44.2 Å². The standard InChI is InChI=1S/C14H25N3O2S/c1-2-18-12-10-11(14(12)4-3-7-19-14)16-13(15)17-5-8-20-9-6-17/h11-12H,2-10H2,1H3,(H2,15,16). The lowest BCUT2D eigenvalue weighted by molar-refractivity contribution is -0.189. The Morgan fingerprint density at radius 1 is 1.50 bits per heavy atom. The van der Waals surface area contributed by atoms with Crippen molar-refractivity contribution in [3.63, 3.8) is 0 Å². The van der Waals surface area contributed by atoms with Crippen LogP contribution in [-0.4, -0.2) is 66.4 Å². The van der Waals surface area contributed by atoms with Crippen LogP contribution in [0.1, 0.15) is 26.2 Å². The predicted molar refractivity (Wildman–Crippen MR) is 82.3 cm³/mol. The number of nitrogens with zero attached hydrogens (tertiary/aromatic N) is 2. The smallest absolute Gasteiger partial charge is 0.191 e. The van der Waals surface area contributed by atoms with Gasteiger partial charge >= 0.3 is 0 Å². The number of hydrogen-bond donors (Lipinski definition) is 1. The van der Waals surface area contributed by atoms with E-state index in [0.29, 0.717) is 5.96 Å². The van der Waals surface area contributed by atoms with Crippen molar-refractivity contribution in [3.8, 4) is 0 Å². The average molecular weight is 299 g/mol. The summed E-state index contributed by atoms with van der Waals surface area (Å²) >= 11 is 1.98. The third kappa shape index (κ3) is 2.53. The van der Waals surface area contributed by atoms with E-state index in [1.54, 1.807) is 0 Å². The second-order valence-electron chi connectivity index (χ2n) is 5.69. The molecule has 3 unspecified atom stereocenters. The molecule has 0 aromatic rings. The molecule has 3 atom stereocenters. The zero-order valence-electron chi connectivity index (χ0n) is 12.2. The Labute approximate surface area is 125 Å². The predicted octanol–water partition coefficient (Wildman–Crippen LogP) is 1.08. The normalized spacial score (nSPS) is 38.2. The highest BCUT2D eigenvalue weighted by molar-refractivity contribution is 7.99. The highest BCUT2D eigenvalue weighted by Gasteiger charge is 2.59. The van der Waals surface area contributed by atoms with Crippen LogP contribution in [0.25, 0.3) is 0 Å². The molecule has 0 aromatic heterocycles. The van der Waals surface area contributed by atoms with E-state index in [0.717, 1.165) is 57.1 Å². The highest BCUT2D eigenvalue weighted by atomic mass is 32.2. The number of hydrogen-bond acceptors (Lipinski definition) is 4. The van der Waals surface area contributed by atoms with Crippen molar-refractivity contribution in [1.29, 1.82) is 0 Å². The molecule has 6 heteroatoms. The van der Waals surface area contributed by atoms with Gasteiger partial charge in [-0.1, -0.05) is 0 Å². The van der Waals surface area contributed by atoms with Crippen LogP contribution in [0.4, 0.5) is 0 Å².